The van der Waals surface area contributed by atoms with Crippen LogP contribution in [0.15, 0.2) is 30.3 Å². The molecule has 0 unspecified atom stereocenters. The molecule has 0 saturated carbocycles. The first-order chi connectivity index (χ1) is 9.52. The van der Waals surface area contributed by atoms with Crippen LogP contribution in [-0.4, -0.2) is 4.57 Å². The van der Waals surface area contributed by atoms with Crippen LogP contribution in [-0.2, 0) is 13.6 Å². The average Bonchev–Trinajstić information content (AvgIpc) is 2.73. The molecule has 0 amide bonds. The second-order valence-electron chi connectivity index (χ2n) is 4.97. The van der Waals surface area contributed by atoms with Gasteiger partial charge in [0.05, 0.1) is 0 Å². The SMILES string of the molecule is Cc1c(CN[C@H](C)c2ccc(F)cc2)cc(C#N)n1C. The van der Waals surface area contributed by atoms with E-state index in [1.165, 1.54) is 12.1 Å². The van der Waals surface area contributed by atoms with Gasteiger partial charge in [0.15, 0.2) is 0 Å². The van der Waals surface area contributed by atoms with Crippen molar-refractivity contribution in [2.45, 2.75) is 26.4 Å². The number of aromatic nitrogens is 1. The monoisotopic (exact) mass is 271 g/mol. The lowest BCUT2D eigenvalue weighted by Gasteiger charge is -2.14. The van der Waals surface area contributed by atoms with Crippen molar-refractivity contribution in [1.29, 1.82) is 5.26 Å². The first-order valence-corrected chi connectivity index (χ1v) is 6.57. The maximum Gasteiger partial charge on any atom is 0.123 e. The lowest BCUT2D eigenvalue weighted by atomic mass is 10.1. The molecule has 1 aromatic carbocycles. The number of nitrogens with one attached hydrogen (secondary N) is 1. The number of nitrogens with zero attached hydrogens (tertiary/aromatic N) is 2. The van der Waals surface area contributed by atoms with Crippen LogP contribution in [0.5, 0.6) is 0 Å². The summed E-state index contributed by atoms with van der Waals surface area (Å²) in [6.45, 7) is 4.72. The van der Waals surface area contributed by atoms with Gasteiger partial charge in [0, 0.05) is 25.3 Å². The largest absolute Gasteiger partial charge is 0.340 e. The van der Waals surface area contributed by atoms with Crippen molar-refractivity contribution in [3.63, 3.8) is 0 Å². The van der Waals surface area contributed by atoms with Crippen molar-refractivity contribution in [2.24, 2.45) is 7.05 Å². The fourth-order valence-corrected chi connectivity index (χ4v) is 2.18. The number of hydrogen-bond donors (Lipinski definition) is 1. The minimum Gasteiger partial charge on any atom is -0.340 e. The van der Waals surface area contributed by atoms with Crippen molar-refractivity contribution in [3.05, 3.63) is 58.7 Å². The molecule has 1 heterocycles. The van der Waals surface area contributed by atoms with E-state index in [9.17, 15) is 4.39 Å². The van der Waals surface area contributed by atoms with Gasteiger partial charge in [-0.05, 0) is 43.2 Å². The third-order valence-corrected chi connectivity index (χ3v) is 3.72. The Bertz CT molecular complexity index is 635. The van der Waals surface area contributed by atoms with Crippen LogP contribution in [0.2, 0.25) is 0 Å². The van der Waals surface area contributed by atoms with Gasteiger partial charge in [-0.15, -0.1) is 0 Å². The molecule has 20 heavy (non-hydrogen) atoms. The molecular weight excluding hydrogens is 253 g/mol. The van der Waals surface area contributed by atoms with Crippen LogP contribution < -0.4 is 5.32 Å². The molecule has 4 heteroatoms. The smallest absolute Gasteiger partial charge is 0.123 e. The molecule has 0 radical (unpaired) electrons. The van der Waals surface area contributed by atoms with Crippen LogP contribution in [0.25, 0.3) is 0 Å². The minimum absolute atomic E-state index is 0.126. The number of rotatable bonds is 4. The Kier molecular flexibility index (Phi) is 4.21. The Balaban J connectivity index is 2.05. The summed E-state index contributed by atoms with van der Waals surface area (Å²) >= 11 is 0. The fourth-order valence-electron chi connectivity index (χ4n) is 2.18. The second kappa shape index (κ2) is 5.89. The zero-order valence-corrected chi connectivity index (χ0v) is 11.9. The summed E-state index contributed by atoms with van der Waals surface area (Å²) in [4.78, 5) is 0. The molecule has 0 saturated heterocycles. The first-order valence-electron chi connectivity index (χ1n) is 6.57. The number of nitriles is 1. The van der Waals surface area contributed by atoms with Gasteiger partial charge in [-0.3, -0.25) is 0 Å². The van der Waals surface area contributed by atoms with Crippen molar-refractivity contribution in [1.82, 2.24) is 9.88 Å². The molecule has 1 atom stereocenters. The fraction of sp³-hybridized carbons (Fsp3) is 0.312. The molecule has 0 bridgehead atoms. The lowest BCUT2D eigenvalue weighted by molar-refractivity contribution is 0.569. The molecule has 2 rings (SSSR count). The summed E-state index contributed by atoms with van der Waals surface area (Å²) in [6, 6.07) is 10.7. The molecular formula is C16H18FN3. The molecule has 0 aliphatic rings. The number of halogens is 1. The Hall–Kier alpha value is -2.12. The Morgan fingerprint density at radius 1 is 1.35 bits per heavy atom. The summed E-state index contributed by atoms with van der Waals surface area (Å²) in [5.41, 5.74) is 3.90. The predicted octanol–water partition coefficient (Wildman–Crippen LogP) is 3.20. The van der Waals surface area contributed by atoms with Gasteiger partial charge in [-0.1, -0.05) is 12.1 Å². The molecule has 2 aromatic rings. The van der Waals surface area contributed by atoms with Crippen LogP contribution in [0.3, 0.4) is 0 Å². The summed E-state index contributed by atoms with van der Waals surface area (Å²) < 4.78 is 14.8. The van der Waals surface area contributed by atoms with E-state index >= 15 is 0 Å². The van der Waals surface area contributed by atoms with E-state index in [1.807, 2.05) is 31.5 Å². The van der Waals surface area contributed by atoms with Crippen LogP contribution in [0.1, 0.15) is 35.5 Å². The summed E-state index contributed by atoms with van der Waals surface area (Å²) in [6.07, 6.45) is 0. The predicted molar refractivity (Wildman–Crippen MR) is 76.5 cm³/mol. The van der Waals surface area contributed by atoms with E-state index in [0.717, 1.165) is 16.8 Å². The van der Waals surface area contributed by atoms with E-state index < -0.39 is 0 Å². The third kappa shape index (κ3) is 2.89. The Labute approximate surface area is 118 Å². The number of hydrogen-bond acceptors (Lipinski definition) is 2. The first kappa shape index (κ1) is 14.3. The van der Waals surface area contributed by atoms with Crippen molar-refractivity contribution in [3.8, 4) is 6.07 Å². The number of benzene rings is 1. The topological polar surface area (TPSA) is 40.8 Å². The highest BCUT2D eigenvalue weighted by Crippen LogP contribution is 2.17. The highest BCUT2D eigenvalue weighted by molar-refractivity contribution is 5.34. The van der Waals surface area contributed by atoms with E-state index in [4.69, 9.17) is 5.26 Å². The van der Waals surface area contributed by atoms with Gasteiger partial charge in [-0.25, -0.2) is 4.39 Å². The van der Waals surface area contributed by atoms with Crippen molar-refractivity contribution < 1.29 is 4.39 Å². The van der Waals surface area contributed by atoms with Gasteiger partial charge < -0.3 is 9.88 Å². The minimum atomic E-state index is -0.224. The second-order valence-corrected chi connectivity index (χ2v) is 4.97. The molecule has 104 valence electrons. The van der Waals surface area contributed by atoms with Crippen LogP contribution >= 0.6 is 0 Å². The van der Waals surface area contributed by atoms with Crippen molar-refractivity contribution >= 4 is 0 Å². The van der Waals surface area contributed by atoms with E-state index in [0.29, 0.717) is 12.2 Å². The molecule has 0 spiro atoms. The summed E-state index contributed by atoms with van der Waals surface area (Å²) in [5.74, 6) is -0.224. The van der Waals surface area contributed by atoms with Crippen LogP contribution in [0, 0.1) is 24.1 Å². The van der Waals surface area contributed by atoms with E-state index in [2.05, 4.69) is 11.4 Å². The maximum atomic E-state index is 12.9. The van der Waals surface area contributed by atoms with E-state index in [-0.39, 0.29) is 11.9 Å². The standard InChI is InChI=1S/C16H18FN3/c1-11(13-4-6-15(17)7-5-13)19-10-14-8-16(9-18)20(3)12(14)2/h4-8,11,19H,10H2,1-3H3/t11-/m1/s1. The maximum absolute atomic E-state index is 12.9. The molecule has 0 fully saturated rings. The highest BCUT2D eigenvalue weighted by atomic mass is 19.1. The van der Waals surface area contributed by atoms with Gasteiger partial charge in [0.2, 0.25) is 0 Å². The van der Waals surface area contributed by atoms with Gasteiger partial charge >= 0.3 is 0 Å². The van der Waals surface area contributed by atoms with Gasteiger partial charge in [-0.2, -0.15) is 5.26 Å². The van der Waals surface area contributed by atoms with Gasteiger partial charge in [0.1, 0.15) is 17.6 Å². The van der Waals surface area contributed by atoms with E-state index in [1.54, 1.807) is 12.1 Å². The summed E-state index contributed by atoms with van der Waals surface area (Å²) in [5, 5.41) is 12.4. The molecule has 3 nitrogen and oxygen atoms in total. The lowest BCUT2D eigenvalue weighted by Crippen LogP contribution is -2.18. The molecule has 1 aromatic heterocycles. The van der Waals surface area contributed by atoms with Gasteiger partial charge in [0.25, 0.3) is 0 Å². The quantitative estimate of drug-likeness (QED) is 0.927. The third-order valence-electron chi connectivity index (χ3n) is 3.72. The average molecular weight is 271 g/mol. The highest BCUT2D eigenvalue weighted by Gasteiger charge is 2.10. The summed E-state index contributed by atoms with van der Waals surface area (Å²) in [7, 11) is 1.89. The Morgan fingerprint density at radius 3 is 2.55 bits per heavy atom. The molecule has 0 aliphatic heterocycles. The zero-order chi connectivity index (χ0) is 14.7. The van der Waals surface area contributed by atoms with Crippen molar-refractivity contribution in [2.75, 3.05) is 0 Å². The Morgan fingerprint density at radius 2 is 2.00 bits per heavy atom. The zero-order valence-electron chi connectivity index (χ0n) is 11.9. The molecule has 1 N–H and O–H groups in total. The van der Waals surface area contributed by atoms with Crippen LogP contribution in [0.4, 0.5) is 4.39 Å². The molecule has 0 aliphatic carbocycles. The normalized spacial score (nSPS) is 12.2.